The van der Waals surface area contributed by atoms with Gasteiger partial charge >= 0.3 is 5.69 Å². The first kappa shape index (κ1) is 13.7. The summed E-state index contributed by atoms with van der Waals surface area (Å²) in [6.45, 7) is 0.157. The van der Waals surface area contributed by atoms with Gasteiger partial charge in [0.25, 0.3) is 0 Å². The van der Waals surface area contributed by atoms with Gasteiger partial charge in [0.1, 0.15) is 11.6 Å². The number of hydrogen-bond donors (Lipinski definition) is 1. The molecule has 6 nitrogen and oxygen atoms in total. The number of pyridine rings is 1. The fourth-order valence-electron chi connectivity index (χ4n) is 1.84. The maximum absolute atomic E-state index is 13.6. The molecule has 0 radical (unpaired) electrons. The zero-order valence-corrected chi connectivity index (χ0v) is 10.8. The van der Waals surface area contributed by atoms with Crippen molar-refractivity contribution in [3.8, 4) is 0 Å². The summed E-state index contributed by atoms with van der Waals surface area (Å²) in [5.74, 6) is -0.0878. The molecule has 0 fully saturated rings. The van der Waals surface area contributed by atoms with Crippen LogP contribution in [0.5, 0.6) is 0 Å². The molecule has 0 unspecified atom stereocenters. The van der Waals surface area contributed by atoms with Gasteiger partial charge in [-0.2, -0.15) is 0 Å². The molecule has 1 aromatic heterocycles. The lowest BCUT2D eigenvalue weighted by Crippen LogP contribution is -2.20. The normalized spacial score (nSPS) is 10.3. The van der Waals surface area contributed by atoms with Gasteiger partial charge in [-0.05, 0) is 12.1 Å². The molecule has 0 atom stereocenters. The summed E-state index contributed by atoms with van der Waals surface area (Å²) in [4.78, 5) is 15.9. The molecule has 0 saturated heterocycles. The highest BCUT2D eigenvalue weighted by atomic mass is 19.1. The van der Waals surface area contributed by atoms with E-state index in [1.807, 2.05) is 0 Å². The molecule has 20 heavy (non-hydrogen) atoms. The van der Waals surface area contributed by atoms with E-state index in [4.69, 9.17) is 5.73 Å². The summed E-state index contributed by atoms with van der Waals surface area (Å²) in [5.41, 5.74) is 5.81. The highest BCUT2D eigenvalue weighted by Gasteiger charge is 2.20. The predicted octanol–water partition coefficient (Wildman–Crippen LogP) is 2.35. The number of benzene rings is 1. The van der Waals surface area contributed by atoms with Crippen LogP contribution >= 0.6 is 0 Å². The van der Waals surface area contributed by atoms with E-state index < -0.39 is 4.92 Å². The van der Waals surface area contributed by atoms with Gasteiger partial charge in [0.2, 0.25) is 5.82 Å². The Morgan fingerprint density at radius 2 is 2.05 bits per heavy atom. The first-order valence-electron chi connectivity index (χ1n) is 5.84. The average molecular weight is 276 g/mol. The number of nitrogen functional groups attached to an aromatic ring is 1. The Morgan fingerprint density at radius 1 is 1.35 bits per heavy atom. The van der Waals surface area contributed by atoms with Crippen molar-refractivity contribution in [2.24, 2.45) is 0 Å². The third-order valence-corrected chi connectivity index (χ3v) is 2.80. The van der Waals surface area contributed by atoms with Gasteiger partial charge < -0.3 is 10.6 Å². The van der Waals surface area contributed by atoms with Crippen LogP contribution in [0.25, 0.3) is 0 Å². The van der Waals surface area contributed by atoms with Gasteiger partial charge in [0.15, 0.2) is 0 Å². The molecule has 0 bridgehead atoms. The van der Waals surface area contributed by atoms with E-state index in [1.165, 1.54) is 23.1 Å². The lowest BCUT2D eigenvalue weighted by molar-refractivity contribution is -0.384. The summed E-state index contributed by atoms with van der Waals surface area (Å²) in [6, 6.07) is 8.88. The molecule has 104 valence electrons. The minimum Gasteiger partial charge on any atom is -0.384 e. The SMILES string of the molecule is CN(Cc1ccccc1F)c1nc(N)ccc1[N+](=O)[O-]. The topological polar surface area (TPSA) is 85.3 Å². The molecule has 1 heterocycles. The minimum absolute atomic E-state index is 0.109. The van der Waals surface area contributed by atoms with Gasteiger partial charge in [-0.3, -0.25) is 10.1 Å². The lowest BCUT2D eigenvalue weighted by Gasteiger charge is -2.18. The Labute approximate surface area is 114 Å². The first-order chi connectivity index (χ1) is 9.49. The second-order valence-corrected chi connectivity index (χ2v) is 4.28. The highest BCUT2D eigenvalue weighted by molar-refractivity contribution is 5.60. The second kappa shape index (κ2) is 5.52. The van der Waals surface area contributed by atoms with E-state index in [0.717, 1.165) is 0 Å². The fraction of sp³-hybridized carbons (Fsp3) is 0.154. The Hall–Kier alpha value is -2.70. The van der Waals surface area contributed by atoms with Gasteiger partial charge in [-0.1, -0.05) is 18.2 Å². The van der Waals surface area contributed by atoms with E-state index in [0.29, 0.717) is 5.56 Å². The molecule has 0 saturated carbocycles. The molecule has 0 amide bonds. The Bertz CT molecular complexity index is 648. The van der Waals surface area contributed by atoms with Crippen molar-refractivity contribution in [2.75, 3.05) is 17.7 Å². The van der Waals surface area contributed by atoms with Crippen LogP contribution in [-0.2, 0) is 6.54 Å². The van der Waals surface area contributed by atoms with Gasteiger partial charge in [0.05, 0.1) is 4.92 Å². The van der Waals surface area contributed by atoms with Crippen LogP contribution < -0.4 is 10.6 Å². The van der Waals surface area contributed by atoms with Gasteiger partial charge in [-0.25, -0.2) is 9.37 Å². The summed E-state index contributed by atoms with van der Waals surface area (Å²) in [6.07, 6.45) is 0. The standard InChI is InChI=1S/C13H13FN4O2/c1-17(8-9-4-2-3-5-10(9)14)13-11(18(19)20)6-7-12(15)16-13/h2-7H,8H2,1H3,(H2,15,16). The zero-order chi connectivity index (χ0) is 14.7. The minimum atomic E-state index is -0.542. The number of rotatable bonds is 4. The van der Waals surface area contributed by atoms with Crippen molar-refractivity contribution in [1.29, 1.82) is 0 Å². The van der Waals surface area contributed by atoms with Gasteiger partial charge in [-0.15, -0.1) is 0 Å². The van der Waals surface area contributed by atoms with Gasteiger partial charge in [0, 0.05) is 25.2 Å². The zero-order valence-electron chi connectivity index (χ0n) is 10.8. The van der Waals surface area contributed by atoms with Crippen LogP contribution in [-0.4, -0.2) is 17.0 Å². The quantitative estimate of drug-likeness (QED) is 0.684. The van der Waals surface area contributed by atoms with Crippen LogP contribution in [0, 0.1) is 15.9 Å². The molecule has 2 rings (SSSR count). The predicted molar refractivity (Wildman–Crippen MR) is 73.8 cm³/mol. The Kier molecular flexibility index (Phi) is 3.79. The summed E-state index contributed by atoms with van der Waals surface area (Å²) >= 11 is 0. The van der Waals surface area contributed by atoms with Crippen LogP contribution in [0.2, 0.25) is 0 Å². The largest absolute Gasteiger partial charge is 0.384 e. The third-order valence-electron chi connectivity index (χ3n) is 2.80. The maximum atomic E-state index is 13.6. The molecule has 2 N–H and O–H groups in total. The average Bonchev–Trinajstić information content (AvgIpc) is 2.40. The van der Waals surface area contributed by atoms with Crippen LogP contribution in [0.1, 0.15) is 5.56 Å². The molecule has 0 aliphatic carbocycles. The monoisotopic (exact) mass is 276 g/mol. The number of nitro groups is 1. The third kappa shape index (κ3) is 2.82. The number of halogens is 1. The molecule has 2 aromatic rings. The van der Waals surface area contributed by atoms with Crippen molar-refractivity contribution >= 4 is 17.3 Å². The number of aromatic nitrogens is 1. The van der Waals surface area contributed by atoms with Crippen molar-refractivity contribution in [2.45, 2.75) is 6.54 Å². The number of nitrogens with zero attached hydrogens (tertiary/aromatic N) is 3. The Morgan fingerprint density at radius 3 is 2.70 bits per heavy atom. The van der Waals surface area contributed by atoms with Crippen LogP contribution in [0.4, 0.5) is 21.7 Å². The molecule has 0 aliphatic heterocycles. The maximum Gasteiger partial charge on any atom is 0.311 e. The van der Waals surface area contributed by atoms with E-state index in [-0.39, 0.29) is 29.7 Å². The van der Waals surface area contributed by atoms with E-state index >= 15 is 0 Å². The highest BCUT2D eigenvalue weighted by Crippen LogP contribution is 2.27. The summed E-state index contributed by atoms with van der Waals surface area (Å²) in [5, 5.41) is 11.0. The van der Waals surface area contributed by atoms with E-state index in [9.17, 15) is 14.5 Å². The Balaban J connectivity index is 2.34. The lowest BCUT2D eigenvalue weighted by atomic mass is 10.2. The second-order valence-electron chi connectivity index (χ2n) is 4.28. The van der Waals surface area contributed by atoms with Crippen molar-refractivity contribution < 1.29 is 9.31 Å². The van der Waals surface area contributed by atoms with E-state index in [1.54, 1.807) is 25.2 Å². The molecule has 0 aliphatic rings. The van der Waals surface area contributed by atoms with Crippen LogP contribution in [0.15, 0.2) is 36.4 Å². The first-order valence-corrected chi connectivity index (χ1v) is 5.84. The van der Waals surface area contributed by atoms with E-state index in [2.05, 4.69) is 4.98 Å². The number of hydrogen-bond acceptors (Lipinski definition) is 5. The number of anilines is 2. The molecular formula is C13H13FN4O2. The smallest absolute Gasteiger partial charge is 0.311 e. The van der Waals surface area contributed by atoms with Crippen molar-refractivity contribution in [3.05, 3.63) is 57.9 Å². The molecule has 0 spiro atoms. The van der Waals surface area contributed by atoms with Crippen LogP contribution in [0.3, 0.4) is 0 Å². The summed E-state index contributed by atoms with van der Waals surface area (Å²) < 4.78 is 13.6. The molecular weight excluding hydrogens is 263 g/mol. The van der Waals surface area contributed by atoms with Crippen molar-refractivity contribution in [1.82, 2.24) is 4.98 Å². The molecule has 7 heteroatoms. The summed E-state index contributed by atoms with van der Waals surface area (Å²) in [7, 11) is 1.60. The van der Waals surface area contributed by atoms with Crippen molar-refractivity contribution in [3.63, 3.8) is 0 Å². The fourth-order valence-corrected chi connectivity index (χ4v) is 1.84. The number of nitrogens with two attached hydrogens (primary N) is 1. The molecule has 1 aromatic carbocycles.